The Morgan fingerprint density at radius 1 is 1.28 bits per heavy atom. The molecular formula is C17H15ClN4O3. The van der Waals surface area contributed by atoms with Crippen LogP contribution >= 0.6 is 11.6 Å². The molecule has 0 aliphatic heterocycles. The molecule has 0 bridgehead atoms. The van der Waals surface area contributed by atoms with E-state index < -0.39 is 5.97 Å². The number of ether oxygens (including phenoxy) is 2. The molecular weight excluding hydrogens is 344 g/mol. The number of aromatic amines is 1. The zero-order valence-electron chi connectivity index (χ0n) is 13.6. The van der Waals surface area contributed by atoms with Crippen molar-refractivity contribution in [3.05, 3.63) is 58.8 Å². The van der Waals surface area contributed by atoms with Gasteiger partial charge in [-0.3, -0.25) is 5.10 Å². The maximum absolute atomic E-state index is 11.4. The predicted octanol–water partition coefficient (Wildman–Crippen LogP) is 2.91. The Kier molecular flexibility index (Phi) is 4.95. The number of methoxy groups -OCH3 is 2. The Morgan fingerprint density at radius 3 is 2.84 bits per heavy atom. The second-order valence-electron chi connectivity index (χ2n) is 5.18. The van der Waals surface area contributed by atoms with Crippen LogP contribution in [0.4, 0.5) is 0 Å². The van der Waals surface area contributed by atoms with Gasteiger partial charge in [-0.05, 0) is 29.3 Å². The number of halogens is 1. The van der Waals surface area contributed by atoms with Crippen LogP contribution in [-0.4, -0.2) is 40.4 Å². The van der Waals surface area contributed by atoms with Gasteiger partial charge in [0.25, 0.3) is 5.82 Å². The van der Waals surface area contributed by atoms with Crippen molar-refractivity contribution in [1.82, 2.24) is 20.2 Å². The standard InChI is InChI=1S/C17H15ClN4O3/c1-24-16-13(11-4-3-5-12(18)8-11)6-10(9-19-16)7-14-20-15(22-21-14)17(23)25-2/h3-6,8-9H,7H2,1-2H3,(H,20,21,22). The fraction of sp³-hybridized carbons (Fsp3) is 0.176. The summed E-state index contributed by atoms with van der Waals surface area (Å²) in [6, 6.07) is 9.38. The van der Waals surface area contributed by atoms with Crippen LogP contribution in [0.5, 0.6) is 5.88 Å². The van der Waals surface area contributed by atoms with Gasteiger partial charge in [0.15, 0.2) is 0 Å². The summed E-state index contributed by atoms with van der Waals surface area (Å²) in [6.07, 6.45) is 2.11. The number of nitrogens with zero attached hydrogens (tertiary/aromatic N) is 3. The van der Waals surface area contributed by atoms with Gasteiger partial charge in [-0.2, -0.15) is 0 Å². The number of aromatic nitrogens is 4. The molecule has 0 fully saturated rings. The third-order valence-electron chi connectivity index (χ3n) is 3.51. The highest BCUT2D eigenvalue weighted by molar-refractivity contribution is 6.30. The molecule has 8 heteroatoms. The first kappa shape index (κ1) is 16.9. The van der Waals surface area contributed by atoms with Crippen LogP contribution in [0.2, 0.25) is 5.02 Å². The first-order valence-electron chi connectivity index (χ1n) is 7.39. The van der Waals surface area contributed by atoms with Crippen molar-refractivity contribution in [2.24, 2.45) is 0 Å². The molecule has 0 saturated carbocycles. The molecule has 2 aromatic heterocycles. The molecule has 0 aliphatic carbocycles. The fourth-order valence-electron chi connectivity index (χ4n) is 2.37. The highest BCUT2D eigenvalue weighted by atomic mass is 35.5. The molecule has 0 spiro atoms. The lowest BCUT2D eigenvalue weighted by Gasteiger charge is -2.10. The predicted molar refractivity (Wildman–Crippen MR) is 91.8 cm³/mol. The van der Waals surface area contributed by atoms with Gasteiger partial charge in [0, 0.05) is 23.2 Å². The third-order valence-corrected chi connectivity index (χ3v) is 3.74. The van der Waals surface area contributed by atoms with Crippen LogP contribution in [0.3, 0.4) is 0 Å². The van der Waals surface area contributed by atoms with Crippen molar-refractivity contribution in [3.63, 3.8) is 0 Å². The smallest absolute Gasteiger partial charge is 0.377 e. The number of H-pyrrole nitrogens is 1. The minimum atomic E-state index is -0.588. The summed E-state index contributed by atoms with van der Waals surface area (Å²) in [5.74, 6) is 0.437. The van der Waals surface area contributed by atoms with Gasteiger partial charge < -0.3 is 9.47 Å². The molecule has 0 atom stereocenters. The average molecular weight is 359 g/mol. The molecule has 0 radical (unpaired) electrons. The minimum absolute atomic E-state index is 0.00552. The summed E-state index contributed by atoms with van der Waals surface area (Å²) in [4.78, 5) is 19.9. The molecule has 1 aromatic carbocycles. The molecule has 0 amide bonds. The van der Waals surface area contributed by atoms with Gasteiger partial charge >= 0.3 is 5.97 Å². The number of hydrogen-bond acceptors (Lipinski definition) is 6. The van der Waals surface area contributed by atoms with Gasteiger partial charge in [0.05, 0.1) is 14.2 Å². The van der Waals surface area contributed by atoms with Crippen molar-refractivity contribution in [2.75, 3.05) is 14.2 Å². The highest BCUT2D eigenvalue weighted by Crippen LogP contribution is 2.30. The molecule has 0 aliphatic rings. The van der Waals surface area contributed by atoms with E-state index >= 15 is 0 Å². The summed E-state index contributed by atoms with van der Waals surface area (Å²) in [5, 5.41) is 7.19. The number of nitrogens with one attached hydrogen (secondary N) is 1. The van der Waals surface area contributed by atoms with Crippen molar-refractivity contribution < 1.29 is 14.3 Å². The second kappa shape index (κ2) is 7.31. The Hall–Kier alpha value is -2.93. The number of benzene rings is 1. The van der Waals surface area contributed by atoms with E-state index in [9.17, 15) is 4.79 Å². The van der Waals surface area contributed by atoms with Crippen LogP contribution < -0.4 is 4.74 Å². The van der Waals surface area contributed by atoms with Crippen LogP contribution in [0, 0.1) is 0 Å². The maximum Gasteiger partial charge on any atom is 0.377 e. The van der Waals surface area contributed by atoms with Crippen LogP contribution in [0.15, 0.2) is 36.5 Å². The zero-order chi connectivity index (χ0) is 17.8. The van der Waals surface area contributed by atoms with Gasteiger partial charge in [0.1, 0.15) is 5.82 Å². The summed E-state index contributed by atoms with van der Waals surface area (Å²) in [5.41, 5.74) is 2.59. The molecule has 0 saturated heterocycles. The van der Waals surface area contributed by atoms with Crippen LogP contribution in [0.25, 0.3) is 11.1 Å². The van der Waals surface area contributed by atoms with Gasteiger partial charge in [-0.25, -0.2) is 14.8 Å². The first-order chi connectivity index (χ1) is 12.1. The van der Waals surface area contributed by atoms with E-state index in [1.807, 2.05) is 24.3 Å². The third kappa shape index (κ3) is 3.77. The SMILES string of the molecule is COC(=O)c1n[nH]c(Cc2cnc(OC)c(-c3cccc(Cl)c3)c2)n1. The van der Waals surface area contributed by atoms with E-state index in [2.05, 4.69) is 24.9 Å². The number of pyridine rings is 1. The molecule has 3 aromatic rings. The van der Waals surface area contributed by atoms with Crippen molar-refractivity contribution in [1.29, 1.82) is 0 Å². The molecule has 1 N–H and O–H groups in total. The number of carbonyl (C=O) groups is 1. The molecule has 3 rings (SSSR count). The largest absolute Gasteiger partial charge is 0.481 e. The van der Waals surface area contributed by atoms with Crippen LogP contribution in [-0.2, 0) is 11.2 Å². The van der Waals surface area contributed by atoms with Crippen LogP contribution in [0.1, 0.15) is 22.0 Å². The zero-order valence-corrected chi connectivity index (χ0v) is 14.4. The summed E-state index contributed by atoms with van der Waals surface area (Å²) in [7, 11) is 2.85. The van der Waals surface area contributed by atoms with Gasteiger partial charge in [-0.15, -0.1) is 5.10 Å². The van der Waals surface area contributed by atoms with Crippen molar-refractivity contribution in [3.8, 4) is 17.0 Å². The Labute approximate surface area is 149 Å². The average Bonchev–Trinajstić information content (AvgIpc) is 3.09. The van der Waals surface area contributed by atoms with Gasteiger partial charge in [0.2, 0.25) is 5.88 Å². The monoisotopic (exact) mass is 358 g/mol. The minimum Gasteiger partial charge on any atom is -0.481 e. The normalized spacial score (nSPS) is 10.5. The van der Waals surface area contributed by atoms with Gasteiger partial charge in [-0.1, -0.05) is 23.7 Å². The Balaban J connectivity index is 1.92. The van der Waals surface area contributed by atoms with E-state index in [4.69, 9.17) is 16.3 Å². The quantitative estimate of drug-likeness (QED) is 0.705. The fourth-order valence-corrected chi connectivity index (χ4v) is 2.56. The Bertz CT molecular complexity index is 910. The maximum atomic E-state index is 11.4. The molecule has 0 unspecified atom stereocenters. The topological polar surface area (TPSA) is 90.0 Å². The van der Waals surface area contributed by atoms with Crippen molar-refractivity contribution >= 4 is 17.6 Å². The lowest BCUT2D eigenvalue weighted by atomic mass is 10.0. The van der Waals surface area contributed by atoms with E-state index in [0.717, 1.165) is 16.7 Å². The molecule has 7 nitrogen and oxygen atoms in total. The Morgan fingerprint density at radius 2 is 2.12 bits per heavy atom. The molecule has 128 valence electrons. The summed E-state index contributed by atoms with van der Waals surface area (Å²) < 4.78 is 9.94. The number of carbonyl (C=O) groups excluding carboxylic acids is 1. The number of hydrogen-bond donors (Lipinski definition) is 1. The van der Waals surface area contributed by atoms with E-state index in [0.29, 0.717) is 23.1 Å². The number of esters is 1. The second-order valence-corrected chi connectivity index (χ2v) is 5.62. The number of rotatable bonds is 5. The lowest BCUT2D eigenvalue weighted by molar-refractivity contribution is 0.0587. The van der Waals surface area contributed by atoms with E-state index in [-0.39, 0.29) is 5.82 Å². The van der Waals surface area contributed by atoms with E-state index in [1.54, 1.807) is 19.4 Å². The van der Waals surface area contributed by atoms with E-state index in [1.165, 1.54) is 7.11 Å². The highest BCUT2D eigenvalue weighted by Gasteiger charge is 2.14. The first-order valence-corrected chi connectivity index (χ1v) is 7.77. The molecule has 2 heterocycles. The summed E-state index contributed by atoms with van der Waals surface area (Å²) in [6.45, 7) is 0. The lowest BCUT2D eigenvalue weighted by Crippen LogP contribution is -2.03. The molecule has 25 heavy (non-hydrogen) atoms. The summed E-state index contributed by atoms with van der Waals surface area (Å²) >= 11 is 6.08. The van der Waals surface area contributed by atoms with Crippen molar-refractivity contribution in [2.45, 2.75) is 6.42 Å².